The Labute approximate surface area is 96.3 Å². The highest BCUT2D eigenvalue weighted by Crippen LogP contribution is 2.20. The highest BCUT2D eigenvalue weighted by molar-refractivity contribution is 4.95. The van der Waals surface area contributed by atoms with E-state index in [4.69, 9.17) is 9.26 Å². The Hall–Kier alpha value is -0.870. The largest absolute Gasteiger partial charge is 0.378 e. The van der Waals surface area contributed by atoms with Gasteiger partial charge >= 0.3 is 0 Å². The third-order valence-corrected chi connectivity index (χ3v) is 3.12. The molecule has 1 aliphatic rings. The molecular weight excluding hydrogens is 204 g/mol. The van der Waals surface area contributed by atoms with Crippen molar-refractivity contribution in [1.29, 1.82) is 0 Å². The van der Waals surface area contributed by atoms with Gasteiger partial charge in [0.15, 0.2) is 0 Å². The number of aromatic nitrogens is 1. The molecule has 2 heterocycles. The van der Waals surface area contributed by atoms with Crippen molar-refractivity contribution in [3.63, 3.8) is 0 Å². The van der Waals surface area contributed by atoms with Gasteiger partial charge in [-0.3, -0.25) is 0 Å². The smallest absolute Gasteiger partial charge is 0.124 e. The average molecular weight is 224 g/mol. The molecule has 0 aromatic carbocycles. The second-order valence-corrected chi connectivity index (χ2v) is 4.75. The van der Waals surface area contributed by atoms with E-state index in [2.05, 4.69) is 24.3 Å². The van der Waals surface area contributed by atoms with E-state index in [9.17, 15) is 0 Å². The first-order valence-corrected chi connectivity index (χ1v) is 6.00. The van der Waals surface area contributed by atoms with Crippen LogP contribution >= 0.6 is 0 Å². The molecule has 0 radical (unpaired) electrons. The summed E-state index contributed by atoms with van der Waals surface area (Å²) >= 11 is 0. The fourth-order valence-electron chi connectivity index (χ4n) is 2.06. The maximum atomic E-state index is 5.73. The van der Waals surface area contributed by atoms with Gasteiger partial charge in [0.25, 0.3) is 0 Å². The van der Waals surface area contributed by atoms with Gasteiger partial charge in [-0.15, -0.1) is 0 Å². The lowest BCUT2D eigenvalue weighted by molar-refractivity contribution is -0.0246. The minimum atomic E-state index is 0.392. The van der Waals surface area contributed by atoms with Gasteiger partial charge in [0, 0.05) is 25.3 Å². The minimum absolute atomic E-state index is 0.392. The van der Waals surface area contributed by atoms with Crippen LogP contribution in [0.3, 0.4) is 0 Å². The molecular formula is C12H20N2O2. The van der Waals surface area contributed by atoms with Crippen molar-refractivity contribution in [3.8, 4) is 0 Å². The molecule has 0 amide bonds. The van der Waals surface area contributed by atoms with Crippen LogP contribution in [0, 0.1) is 5.92 Å². The molecule has 4 nitrogen and oxygen atoms in total. The van der Waals surface area contributed by atoms with E-state index in [0.29, 0.717) is 18.1 Å². The van der Waals surface area contributed by atoms with E-state index in [-0.39, 0.29) is 0 Å². The zero-order chi connectivity index (χ0) is 11.4. The monoisotopic (exact) mass is 224 g/mol. The molecule has 16 heavy (non-hydrogen) atoms. The first kappa shape index (κ1) is 11.6. The van der Waals surface area contributed by atoms with Crippen LogP contribution in [0.5, 0.6) is 0 Å². The van der Waals surface area contributed by atoms with E-state index >= 15 is 0 Å². The summed E-state index contributed by atoms with van der Waals surface area (Å²) in [6, 6.07) is 2.43. The van der Waals surface area contributed by atoms with Crippen LogP contribution in [0.4, 0.5) is 0 Å². The number of nitrogens with zero attached hydrogens (tertiary/aromatic N) is 1. The first-order chi connectivity index (χ1) is 7.75. The Morgan fingerprint density at radius 1 is 1.56 bits per heavy atom. The van der Waals surface area contributed by atoms with Crippen molar-refractivity contribution in [2.75, 3.05) is 6.61 Å². The van der Waals surface area contributed by atoms with Gasteiger partial charge in [-0.2, -0.15) is 0 Å². The molecule has 2 atom stereocenters. The van der Waals surface area contributed by atoms with E-state index < -0.39 is 0 Å². The zero-order valence-electron chi connectivity index (χ0n) is 9.98. The molecule has 1 fully saturated rings. The van der Waals surface area contributed by atoms with Crippen LogP contribution in [-0.4, -0.2) is 23.9 Å². The summed E-state index contributed by atoms with van der Waals surface area (Å²) in [6.07, 6.45) is 4.18. The molecule has 1 saturated heterocycles. The zero-order valence-corrected chi connectivity index (χ0v) is 9.98. The van der Waals surface area contributed by atoms with Gasteiger partial charge in [0.05, 0.1) is 11.8 Å². The average Bonchev–Trinajstić information content (AvgIpc) is 2.79. The highest BCUT2D eigenvalue weighted by Gasteiger charge is 2.24. The standard InChI is InChI=1S/C12H20N2O2/c1-9(2)12-7-10(3-5-15-12)13-8-11-4-6-16-14-11/h4,6,9-10,12-13H,3,5,7-8H2,1-2H3. The van der Waals surface area contributed by atoms with Crippen LogP contribution in [0.25, 0.3) is 0 Å². The topological polar surface area (TPSA) is 47.3 Å². The third kappa shape index (κ3) is 3.06. The van der Waals surface area contributed by atoms with Crippen molar-refractivity contribution < 1.29 is 9.26 Å². The first-order valence-electron chi connectivity index (χ1n) is 6.00. The van der Waals surface area contributed by atoms with Gasteiger partial charge in [-0.05, 0) is 18.8 Å². The highest BCUT2D eigenvalue weighted by atomic mass is 16.5. The molecule has 1 N–H and O–H groups in total. The van der Waals surface area contributed by atoms with Crippen molar-refractivity contribution in [3.05, 3.63) is 18.0 Å². The maximum Gasteiger partial charge on any atom is 0.124 e. The summed E-state index contributed by atoms with van der Waals surface area (Å²) in [4.78, 5) is 0. The Bertz CT molecular complexity index is 298. The number of rotatable bonds is 4. The molecule has 0 aliphatic carbocycles. The van der Waals surface area contributed by atoms with Gasteiger partial charge in [0.2, 0.25) is 0 Å². The van der Waals surface area contributed by atoms with E-state index in [1.54, 1.807) is 6.26 Å². The summed E-state index contributed by atoms with van der Waals surface area (Å²) < 4.78 is 10.5. The van der Waals surface area contributed by atoms with Gasteiger partial charge in [0.1, 0.15) is 6.26 Å². The molecule has 2 rings (SSSR count). The SMILES string of the molecule is CC(C)C1CC(NCc2ccon2)CCO1. The molecule has 4 heteroatoms. The quantitative estimate of drug-likeness (QED) is 0.849. The fourth-order valence-corrected chi connectivity index (χ4v) is 2.06. The summed E-state index contributed by atoms with van der Waals surface area (Å²) in [6.45, 7) is 6.07. The van der Waals surface area contributed by atoms with E-state index in [1.165, 1.54) is 0 Å². The van der Waals surface area contributed by atoms with Crippen LogP contribution in [0.15, 0.2) is 16.9 Å². The van der Waals surface area contributed by atoms with Crippen molar-refractivity contribution >= 4 is 0 Å². The normalized spacial score (nSPS) is 26.2. The minimum Gasteiger partial charge on any atom is -0.378 e. The third-order valence-electron chi connectivity index (χ3n) is 3.12. The maximum absolute atomic E-state index is 5.73. The Kier molecular flexibility index (Phi) is 3.96. The summed E-state index contributed by atoms with van der Waals surface area (Å²) in [5.74, 6) is 0.594. The summed E-state index contributed by atoms with van der Waals surface area (Å²) in [5, 5.41) is 7.39. The summed E-state index contributed by atoms with van der Waals surface area (Å²) in [5.41, 5.74) is 0.965. The predicted molar refractivity (Wildman–Crippen MR) is 60.9 cm³/mol. The number of hydrogen-bond acceptors (Lipinski definition) is 4. The number of nitrogens with one attached hydrogen (secondary N) is 1. The van der Waals surface area contributed by atoms with Crippen LogP contribution in [0.1, 0.15) is 32.4 Å². The Morgan fingerprint density at radius 3 is 3.12 bits per heavy atom. The summed E-state index contributed by atoms with van der Waals surface area (Å²) in [7, 11) is 0. The molecule has 0 spiro atoms. The predicted octanol–water partition coefficient (Wildman–Crippen LogP) is 1.97. The lowest BCUT2D eigenvalue weighted by Crippen LogP contribution is -2.40. The molecule has 0 bridgehead atoms. The van der Waals surface area contributed by atoms with Crippen molar-refractivity contribution in [2.24, 2.45) is 5.92 Å². The van der Waals surface area contributed by atoms with E-state index in [0.717, 1.165) is 31.7 Å². The fraction of sp³-hybridized carbons (Fsp3) is 0.750. The second kappa shape index (κ2) is 5.46. The van der Waals surface area contributed by atoms with Gasteiger partial charge in [-0.1, -0.05) is 19.0 Å². The molecule has 2 unspecified atom stereocenters. The van der Waals surface area contributed by atoms with Crippen LogP contribution < -0.4 is 5.32 Å². The Balaban J connectivity index is 1.77. The van der Waals surface area contributed by atoms with Crippen molar-refractivity contribution in [2.45, 2.75) is 45.4 Å². The van der Waals surface area contributed by atoms with Crippen molar-refractivity contribution in [1.82, 2.24) is 10.5 Å². The second-order valence-electron chi connectivity index (χ2n) is 4.75. The molecule has 1 aliphatic heterocycles. The van der Waals surface area contributed by atoms with Crippen LogP contribution in [0.2, 0.25) is 0 Å². The lowest BCUT2D eigenvalue weighted by atomic mass is 9.95. The molecule has 1 aromatic rings. The molecule has 1 aromatic heterocycles. The van der Waals surface area contributed by atoms with Gasteiger partial charge < -0.3 is 14.6 Å². The van der Waals surface area contributed by atoms with Crippen LogP contribution in [-0.2, 0) is 11.3 Å². The van der Waals surface area contributed by atoms with Gasteiger partial charge in [-0.25, -0.2) is 0 Å². The van der Waals surface area contributed by atoms with E-state index in [1.807, 2.05) is 6.07 Å². The molecule has 0 saturated carbocycles. The lowest BCUT2D eigenvalue weighted by Gasteiger charge is -2.32. The molecule has 90 valence electrons. The number of hydrogen-bond donors (Lipinski definition) is 1. The number of ether oxygens (including phenoxy) is 1. The Morgan fingerprint density at radius 2 is 2.44 bits per heavy atom.